The Labute approximate surface area is 111 Å². The SMILES string of the molecule is O=C(O)c1cnc(C2CCS(=O)(=O)C2)nc1C(F)(F)F. The first-order chi connectivity index (χ1) is 9.10. The van der Waals surface area contributed by atoms with Gasteiger partial charge in [0.25, 0.3) is 0 Å². The Morgan fingerprint density at radius 3 is 2.50 bits per heavy atom. The Kier molecular flexibility index (Phi) is 3.44. The number of halogens is 3. The lowest BCUT2D eigenvalue weighted by Gasteiger charge is -2.12. The maximum Gasteiger partial charge on any atom is 0.434 e. The number of hydrogen-bond acceptors (Lipinski definition) is 5. The van der Waals surface area contributed by atoms with Gasteiger partial charge in [-0.3, -0.25) is 0 Å². The molecule has 0 aliphatic carbocycles. The van der Waals surface area contributed by atoms with Crippen LogP contribution in [0.4, 0.5) is 13.2 Å². The molecule has 20 heavy (non-hydrogen) atoms. The fraction of sp³-hybridized carbons (Fsp3) is 0.500. The smallest absolute Gasteiger partial charge is 0.434 e. The quantitative estimate of drug-likeness (QED) is 0.878. The summed E-state index contributed by atoms with van der Waals surface area (Å²) in [5.41, 5.74) is -2.61. The molecular formula is C10H9F3N2O4S. The van der Waals surface area contributed by atoms with Gasteiger partial charge in [-0.05, 0) is 6.42 Å². The molecule has 1 saturated heterocycles. The first kappa shape index (κ1) is 14.7. The molecule has 0 aromatic carbocycles. The summed E-state index contributed by atoms with van der Waals surface area (Å²) in [5.74, 6) is -3.27. The van der Waals surface area contributed by atoms with Crippen LogP contribution in [-0.4, -0.2) is 41.0 Å². The zero-order valence-corrected chi connectivity index (χ0v) is 10.7. The number of carbonyl (C=O) groups is 1. The van der Waals surface area contributed by atoms with Crippen LogP contribution in [0.3, 0.4) is 0 Å². The van der Waals surface area contributed by atoms with Crippen molar-refractivity contribution in [1.29, 1.82) is 0 Å². The second kappa shape index (κ2) is 4.69. The Bertz CT molecular complexity index is 657. The van der Waals surface area contributed by atoms with E-state index in [0.717, 1.165) is 0 Å². The Morgan fingerprint density at radius 2 is 2.05 bits per heavy atom. The molecular weight excluding hydrogens is 301 g/mol. The average Bonchev–Trinajstić information content (AvgIpc) is 2.67. The standard InChI is InChI=1S/C10H9F3N2O4S/c11-10(12,13)7-6(9(16)17)3-14-8(15-7)5-1-2-20(18,19)4-5/h3,5H,1-2,4H2,(H,16,17). The van der Waals surface area contributed by atoms with Crippen molar-refractivity contribution in [2.24, 2.45) is 0 Å². The zero-order valence-electron chi connectivity index (χ0n) is 9.88. The van der Waals surface area contributed by atoms with Gasteiger partial charge in [-0.25, -0.2) is 23.2 Å². The van der Waals surface area contributed by atoms with Crippen LogP contribution in [0.1, 0.15) is 34.2 Å². The highest BCUT2D eigenvalue weighted by molar-refractivity contribution is 7.91. The first-order valence-electron chi connectivity index (χ1n) is 5.48. The van der Waals surface area contributed by atoms with Crippen molar-refractivity contribution in [1.82, 2.24) is 9.97 Å². The molecule has 2 heterocycles. The van der Waals surface area contributed by atoms with Crippen LogP contribution in [0.25, 0.3) is 0 Å². The van der Waals surface area contributed by atoms with E-state index in [1.807, 2.05) is 0 Å². The van der Waals surface area contributed by atoms with Gasteiger partial charge in [-0.2, -0.15) is 13.2 Å². The molecule has 1 fully saturated rings. The lowest BCUT2D eigenvalue weighted by molar-refractivity contribution is -0.141. The van der Waals surface area contributed by atoms with Gasteiger partial charge in [0.05, 0.1) is 11.5 Å². The third kappa shape index (κ3) is 2.89. The maximum absolute atomic E-state index is 12.8. The van der Waals surface area contributed by atoms with Gasteiger partial charge in [0, 0.05) is 12.1 Å². The molecule has 1 aromatic rings. The van der Waals surface area contributed by atoms with E-state index in [9.17, 15) is 26.4 Å². The summed E-state index contributed by atoms with van der Waals surface area (Å²) in [6, 6.07) is 0. The van der Waals surface area contributed by atoms with E-state index in [0.29, 0.717) is 6.20 Å². The highest BCUT2D eigenvalue weighted by Gasteiger charge is 2.39. The van der Waals surface area contributed by atoms with E-state index in [4.69, 9.17) is 5.11 Å². The third-order valence-electron chi connectivity index (χ3n) is 2.90. The molecule has 0 spiro atoms. The molecule has 10 heteroatoms. The molecule has 0 bridgehead atoms. The number of nitrogens with zero attached hydrogens (tertiary/aromatic N) is 2. The van der Waals surface area contributed by atoms with Crippen LogP contribution in [0.15, 0.2) is 6.20 Å². The van der Waals surface area contributed by atoms with Gasteiger partial charge >= 0.3 is 12.1 Å². The van der Waals surface area contributed by atoms with Gasteiger partial charge in [0.15, 0.2) is 15.5 Å². The second-order valence-electron chi connectivity index (χ2n) is 4.39. The second-order valence-corrected chi connectivity index (χ2v) is 6.62. The molecule has 1 aliphatic heterocycles. The fourth-order valence-electron chi connectivity index (χ4n) is 1.96. The average molecular weight is 310 g/mol. The van der Waals surface area contributed by atoms with Crippen LogP contribution >= 0.6 is 0 Å². The number of sulfone groups is 1. The number of carboxylic acids is 1. The van der Waals surface area contributed by atoms with Crippen LogP contribution in [0.2, 0.25) is 0 Å². The monoisotopic (exact) mass is 310 g/mol. The van der Waals surface area contributed by atoms with Crippen molar-refractivity contribution in [2.45, 2.75) is 18.5 Å². The molecule has 1 N–H and O–H groups in total. The van der Waals surface area contributed by atoms with Crippen molar-refractivity contribution in [2.75, 3.05) is 11.5 Å². The molecule has 1 aromatic heterocycles. The molecule has 1 atom stereocenters. The summed E-state index contributed by atoms with van der Waals surface area (Å²) in [5, 5.41) is 8.69. The lowest BCUT2D eigenvalue weighted by Crippen LogP contribution is -2.19. The number of hydrogen-bond donors (Lipinski definition) is 1. The summed E-state index contributed by atoms with van der Waals surface area (Å²) < 4.78 is 60.9. The van der Waals surface area contributed by atoms with Crippen molar-refractivity contribution < 1.29 is 31.5 Å². The van der Waals surface area contributed by atoms with Gasteiger partial charge in [-0.15, -0.1) is 0 Å². The van der Waals surface area contributed by atoms with E-state index >= 15 is 0 Å². The number of alkyl halides is 3. The summed E-state index contributed by atoms with van der Waals surface area (Å²) in [4.78, 5) is 17.5. The first-order valence-corrected chi connectivity index (χ1v) is 7.30. The van der Waals surface area contributed by atoms with Crippen molar-refractivity contribution >= 4 is 15.8 Å². The minimum absolute atomic E-state index is 0.131. The number of rotatable bonds is 2. The highest BCUT2D eigenvalue weighted by Crippen LogP contribution is 2.33. The molecule has 1 aliphatic rings. The maximum atomic E-state index is 12.8. The molecule has 0 amide bonds. The largest absolute Gasteiger partial charge is 0.478 e. The normalized spacial score (nSPS) is 21.9. The Balaban J connectivity index is 2.46. The van der Waals surface area contributed by atoms with Crippen LogP contribution in [0.5, 0.6) is 0 Å². The molecule has 110 valence electrons. The molecule has 0 saturated carbocycles. The van der Waals surface area contributed by atoms with Gasteiger partial charge in [0.1, 0.15) is 11.4 Å². The Hall–Kier alpha value is -1.71. The van der Waals surface area contributed by atoms with Crippen molar-refractivity contribution in [3.8, 4) is 0 Å². The van der Waals surface area contributed by atoms with Gasteiger partial charge < -0.3 is 5.11 Å². The minimum atomic E-state index is -4.94. The number of carboxylic acid groups (broad SMARTS) is 1. The zero-order chi connectivity index (χ0) is 15.1. The van der Waals surface area contributed by atoms with Crippen molar-refractivity contribution in [3.63, 3.8) is 0 Å². The third-order valence-corrected chi connectivity index (χ3v) is 4.67. The van der Waals surface area contributed by atoms with Gasteiger partial charge in [-0.1, -0.05) is 0 Å². The molecule has 1 unspecified atom stereocenters. The van der Waals surface area contributed by atoms with Crippen LogP contribution < -0.4 is 0 Å². The minimum Gasteiger partial charge on any atom is -0.478 e. The molecule has 0 radical (unpaired) electrons. The van der Waals surface area contributed by atoms with Crippen LogP contribution in [-0.2, 0) is 16.0 Å². The van der Waals surface area contributed by atoms with Crippen molar-refractivity contribution in [3.05, 3.63) is 23.3 Å². The van der Waals surface area contributed by atoms with E-state index in [1.54, 1.807) is 0 Å². The van der Waals surface area contributed by atoms with E-state index in [-0.39, 0.29) is 23.8 Å². The van der Waals surface area contributed by atoms with Crippen LogP contribution in [0, 0.1) is 0 Å². The Morgan fingerprint density at radius 1 is 1.40 bits per heavy atom. The van der Waals surface area contributed by atoms with E-state index < -0.39 is 39.2 Å². The number of aromatic nitrogens is 2. The van der Waals surface area contributed by atoms with E-state index in [1.165, 1.54) is 0 Å². The van der Waals surface area contributed by atoms with Gasteiger partial charge in [0.2, 0.25) is 0 Å². The molecule has 6 nitrogen and oxygen atoms in total. The lowest BCUT2D eigenvalue weighted by atomic mass is 10.1. The number of aromatic carboxylic acids is 1. The highest BCUT2D eigenvalue weighted by atomic mass is 32.2. The topological polar surface area (TPSA) is 97.2 Å². The summed E-state index contributed by atoms with van der Waals surface area (Å²) >= 11 is 0. The summed E-state index contributed by atoms with van der Waals surface area (Å²) in [7, 11) is -3.30. The fourth-order valence-corrected chi connectivity index (χ4v) is 3.70. The molecule has 2 rings (SSSR count). The summed E-state index contributed by atoms with van der Waals surface area (Å²) in [6.45, 7) is 0. The summed E-state index contributed by atoms with van der Waals surface area (Å²) in [6.07, 6.45) is -4.24. The predicted octanol–water partition coefficient (Wildman–Crippen LogP) is 1.10. The predicted molar refractivity (Wildman–Crippen MR) is 60.0 cm³/mol. The van der Waals surface area contributed by atoms with E-state index in [2.05, 4.69) is 9.97 Å².